The maximum absolute atomic E-state index is 13.0. The Hall–Kier alpha value is -2.22. The Labute approximate surface area is 123 Å². The molecule has 0 aromatic heterocycles. The van der Waals surface area contributed by atoms with Crippen LogP contribution in [0.3, 0.4) is 0 Å². The molecule has 0 saturated carbocycles. The van der Waals surface area contributed by atoms with Gasteiger partial charge < -0.3 is 10.1 Å². The summed E-state index contributed by atoms with van der Waals surface area (Å²) in [5, 5.41) is 3.83. The van der Waals surface area contributed by atoms with Crippen LogP contribution in [0.25, 0.3) is 0 Å². The van der Waals surface area contributed by atoms with E-state index in [1.54, 1.807) is 6.92 Å². The molecule has 1 rings (SSSR count). The third-order valence-electron chi connectivity index (χ3n) is 2.15. The molecule has 0 radical (unpaired) electrons. The van der Waals surface area contributed by atoms with Crippen molar-refractivity contribution >= 4 is 29.5 Å². The van der Waals surface area contributed by atoms with E-state index >= 15 is 0 Å². The molecule has 1 aromatic rings. The fourth-order valence-corrected chi connectivity index (χ4v) is 1.48. The van der Waals surface area contributed by atoms with Crippen LogP contribution in [0.4, 0.5) is 13.6 Å². The average Bonchev–Trinajstić information content (AvgIpc) is 2.40. The van der Waals surface area contributed by atoms with E-state index in [0.717, 1.165) is 0 Å². The predicted molar refractivity (Wildman–Crippen MR) is 68.9 cm³/mol. The molecule has 1 aromatic carbocycles. The summed E-state index contributed by atoms with van der Waals surface area (Å²) in [4.78, 5) is 33.8. The molecule has 0 bridgehead atoms. The number of hydrogen-bond acceptors (Lipinski definition) is 4. The monoisotopic (exact) mass is 320 g/mol. The van der Waals surface area contributed by atoms with Gasteiger partial charge in [0, 0.05) is 6.54 Å². The standard InChI is InChI=1S/C12H11ClF2N2O4/c1-2-16-12(20)17-10(18)5-21-11(19)6-3-8(14)9(15)4-7(6)13/h3-4H,2,5H2,1H3,(H2,16,17,18,20). The molecule has 2 N–H and O–H groups in total. The lowest BCUT2D eigenvalue weighted by Crippen LogP contribution is -2.41. The minimum Gasteiger partial charge on any atom is -0.452 e. The predicted octanol–water partition coefficient (Wildman–Crippen LogP) is 1.62. The van der Waals surface area contributed by atoms with Crippen molar-refractivity contribution in [3.8, 4) is 0 Å². The number of imide groups is 1. The fraction of sp³-hybridized carbons (Fsp3) is 0.250. The van der Waals surface area contributed by atoms with Gasteiger partial charge in [0.1, 0.15) is 0 Å². The van der Waals surface area contributed by atoms with Crippen LogP contribution >= 0.6 is 11.6 Å². The number of carbonyl (C=O) groups is 3. The molecule has 6 nitrogen and oxygen atoms in total. The number of esters is 1. The molecule has 21 heavy (non-hydrogen) atoms. The molecule has 3 amide bonds. The first-order valence-electron chi connectivity index (χ1n) is 5.74. The van der Waals surface area contributed by atoms with Gasteiger partial charge in [0.25, 0.3) is 5.91 Å². The van der Waals surface area contributed by atoms with Crippen LogP contribution in [0.2, 0.25) is 5.02 Å². The summed E-state index contributed by atoms with van der Waals surface area (Å²) < 4.78 is 30.4. The molecule has 0 atom stereocenters. The van der Waals surface area contributed by atoms with E-state index in [2.05, 4.69) is 10.1 Å². The van der Waals surface area contributed by atoms with E-state index in [-0.39, 0.29) is 5.02 Å². The van der Waals surface area contributed by atoms with Crippen molar-refractivity contribution in [2.24, 2.45) is 0 Å². The number of amides is 3. The maximum Gasteiger partial charge on any atom is 0.340 e. The Morgan fingerprint density at radius 3 is 2.48 bits per heavy atom. The molecule has 9 heteroatoms. The third-order valence-corrected chi connectivity index (χ3v) is 2.47. The highest BCUT2D eigenvalue weighted by molar-refractivity contribution is 6.33. The summed E-state index contributed by atoms with van der Waals surface area (Å²) in [6.07, 6.45) is 0. The first-order valence-corrected chi connectivity index (χ1v) is 6.12. The van der Waals surface area contributed by atoms with E-state index < -0.39 is 41.7 Å². The molecular weight excluding hydrogens is 310 g/mol. The normalized spacial score (nSPS) is 9.90. The first kappa shape index (κ1) is 16.8. The van der Waals surface area contributed by atoms with Gasteiger partial charge in [0.2, 0.25) is 0 Å². The summed E-state index contributed by atoms with van der Waals surface area (Å²) in [5.74, 6) is -4.50. The van der Waals surface area contributed by atoms with E-state index in [1.165, 1.54) is 0 Å². The molecule has 114 valence electrons. The number of carbonyl (C=O) groups excluding carboxylic acids is 3. The lowest BCUT2D eigenvalue weighted by molar-refractivity contribution is -0.123. The molecule has 0 unspecified atom stereocenters. The Balaban J connectivity index is 2.60. The van der Waals surface area contributed by atoms with Crippen molar-refractivity contribution in [2.75, 3.05) is 13.2 Å². The number of nitrogens with one attached hydrogen (secondary N) is 2. The van der Waals surface area contributed by atoms with Crippen LogP contribution in [-0.4, -0.2) is 31.1 Å². The Kier molecular flexibility index (Phi) is 6.04. The fourth-order valence-electron chi connectivity index (χ4n) is 1.26. The lowest BCUT2D eigenvalue weighted by Gasteiger charge is -2.07. The second kappa shape index (κ2) is 7.53. The topological polar surface area (TPSA) is 84.5 Å². The van der Waals surface area contributed by atoms with Crippen LogP contribution in [0.1, 0.15) is 17.3 Å². The molecule has 0 aliphatic carbocycles. The number of benzene rings is 1. The van der Waals surface area contributed by atoms with Crippen molar-refractivity contribution in [1.29, 1.82) is 0 Å². The Bertz CT molecular complexity index is 581. The van der Waals surface area contributed by atoms with Crippen LogP contribution in [0.5, 0.6) is 0 Å². The highest BCUT2D eigenvalue weighted by atomic mass is 35.5. The van der Waals surface area contributed by atoms with Crippen LogP contribution in [0, 0.1) is 11.6 Å². The van der Waals surface area contributed by atoms with Gasteiger partial charge in [-0.15, -0.1) is 0 Å². The first-order chi connectivity index (χ1) is 9.85. The molecular formula is C12H11ClF2N2O4. The van der Waals surface area contributed by atoms with E-state index in [1.807, 2.05) is 5.32 Å². The minimum absolute atomic E-state index is 0.309. The number of rotatable bonds is 4. The number of ether oxygens (including phenoxy) is 1. The smallest absolute Gasteiger partial charge is 0.340 e. The van der Waals surface area contributed by atoms with Gasteiger partial charge in [0.15, 0.2) is 18.2 Å². The Morgan fingerprint density at radius 2 is 1.86 bits per heavy atom. The van der Waals surface area contributed by atoms with Gasteiger partial charge in [-0.25, -0.2) is 18.4 Å². The van der Waals surface area contributed by atoms with E-state index in [4.69, 9.17) is 11.6 Å². The molecule has 0 aliphatic rings. The second-order valence-corrected chi connectivity index (χ2v) is 4.14. The van der Waals surface area contributed by atoms with Gasteiger partial charge in [0.05, 0.1) is 10.6 Å². The van der Waals surface area contributed by atoms with Crippen molar-refractivity contribution in [3.63, 3.8) is 0 Å². The van der Waals surface area contributed by atoms with Gasteiger partial charge in [-0.2, -0.15) is 0 Å². The SMILES string of the molecule is CCNC(=O)NC(=O)COC(=O)c1cc(F)c(F)cc1Cl. The molecule has 0 saturated heterocycles. The Morgan fingerprint density at radius 1 is 1.24 bits per heavy atom. The summed E-state index contributed by atoms with van der Waals surface area (Å²) in [7, 11) is 0. The average molecular weight is 321 g/mol. The third kappa shape index (κ3) is 4.99. The lowest BCUT2D eigenvalue weighted by atomic mass is 10.2. The maximum atomic E-state index is 13.0. The van der Waals surface area contributed by atoms with Gasteiger partial charge in [-0.05, 0) is 19.1 Å². The second-order valence-electron chi connectivity index (χ2n) is 3.73. The number of hydrogen-bond donors (Lipinski definition) is 2. The van der Waals surface area contributed by atoms with Crippen LogP contribution in [0.15, 0.2) is 12.1 Å². The quantitative estimate of drug-likeness (QED) is 0.652. The molecule has 0 fully saturated rings. The number of urea groups is 1. The zero-order chi connectivity index (χ0) is 16.0. The molecule has 0 heterocycles. The van der Waals surface area contributed by atoms with Crippen molar-refractivity contribution in [1.82, 2.24) is 10.6 Å². The summed E-state index contributed by atoms with van der Waals surface area (Å²) in [6, 6.07) is 0.425. The summed E-state index contributed by atoms with van der Waals surface area (Å²) >= 11 is 5.57. The highest BCUT2D eigenvalue weighted by Gasteiger charge is 2.18. The van der Waals surface area contributed by atoms with Crippen molar-refractivity contribution in [3.05, 3.63) is 34.4 Å². The minimum atomic E-state index is -1.28. The van der Waals surface area contributed by atoms with E-state index in [0.29, 0.717) is 18.7 Å². The summed E-state index contributed by atoms with van der Waals surface area (Å²) in [6.45, 7) is 1.18. The summed E-state index contributed by atoms with van der Waals surface area (Å²) in [5.41, 5.74) is -0.429. The van der Waals surface area contributed by atoms with Gasteiger partial charge in [-0.3, -0.25) is 10.1 Å². The van der Waals surface area contributed by atoms with Crippen molar-refractivity contribution in [2.45, 2.75) is 6.92 Å². The van der Waals surface area contributed by atoms with Crippen LogP contribution in [-0.2, 0) is 9.53 Å². The van der Waals surface area contributed by atoms with E-state index in [9.17, 15) is 23.2 Å². The van der Waals surface area contributed by atoms with Gasteiger partial charge in [-0.1, -0.05) is 11.6 Å². The molecule has 0 spiro atoms. The largest absolute Gasteiger partial charge is 0.452 e. The van der Waals surface area contributed by atoms with Crippen molar-refractivity contribution < 1.29 is 27.9 Å². The zero-order valence-corrected chi connectivity index (χ0v) is 11.6. The van der Waals surface area contributed by atoms with Gasteiger partial charge >= 0.3 is 12.0 Å². The van der Waals surface area contributed by atoms with Crippen LogP contribution < -0.4 is 10.6 Å². The zero-order valence-electron chi connectivity index (χ0n) is 10.8. The molecule has 0 aliphatic heterocycles. The number of halogens is 3. The highest BCUT2D eigenvalue weighted by Crippen LogP contribution is 2.20.